The smallest absolute Gasteiger partial charge is 0.318 e. The highest BCUT2D eigenvalue weighted by atomic mass is 16.5. The molecule has 5 nitrogen and oxygen atoms in total. The molecule has 0 aliphatic carbocycles. The van der Waals surface area contributed by atoms with Gasteiger partial charge in [-0.15, -0.1) is 0 Å². The van der Waals surface area contributed by atoms with Crippen molar-refractivity contribution >= 4 is 22.7 Å². The van der Waals surface area contributed by atoms with Gasteiger partial charge in [0.25, 0.3) is 0 Å². The molecule has 5 heteroatoms. The van der Waals surface area contributed by atoms with Crippen molar-refractivity contribution in [3.8, 4) is 5.75 Å². The van der Waals surface area contributed by atoms with Gasteiger partial charge in [0.15, 0.2) is 5.78 Å². The van der Waals surface area contributed by atoms with E-state index in [1.807, 2.05) is 22.8 Å². The van der Waals surface area contributed by atoms with E-state index in [2.05, 4.69) is 0 Å². The van der Waals surface area contributed by atoms with Crippen molar-refractivity contribution in [3.05, 3.63) is 30.0 Å². The van der Waals surface area contributed by atoms with Gasteiger partial charge >= 0.3 is 5.97 Å². The van der Waals surface area contributed by atoms with Crippen LogP contribution >= 0.6 is 0 Å². The number of ketones is 1. The van der Waals surface area contributed by atoms with Gasteiger partial charge in [-0.2, -0.15) is 0 Å². The Labute approximate surface area is 116 Å². The molecule has 0 bridgehead atoms. The number of hydrogen-bond acceptors (Lipinski definition) is 4. The number of Topliss-reactive ketones (excluding diaryl/α,β-unsaturated/α-hetero) is 1. The van der Waals surface area contributed by atoms with Crippen LogP contribution in [0.1, 0.15) is 17.4 Å². The van der Waals surface area contributed by atoms with E-state index in [1.165, 1.54) is 0 Å². The maximum atomic E-state index is 12.3. The van der Waals surface area contributed by atoms with Gasteiger partial charge in [-0.05, 0) is 31.2 Å². The Morgan fingerprint density at radius 2 is 2.20 bits per heavy atom. The Hall–Kier alpha value is -2.30. The molecule has 0 saturated heterocycles. The number of rotatable bonds is 3. The fraction of sp³-hybridized carbons (Fsp3) is 0.333. The standard InChI is InChI=1S/C15H15NO4/c1-3-20-15(18)11-8-16-12-5-4-10(19-2)6-9(12)7-13(16)14(11)17/h4-7,11H,3,8H2,1-2H3. The predicted octanol–water partition coefficient (Wildman–Crippen LogP) is 2.03. The van der Waals surface area contributed by atoms with Crippen LogP contribution < -0.4 is 4.74 Å². The SMILES string of the molecule is CCOC(=O)C1Cn2c(cc3cc(OC)ccc32)C1=O. The first-order chi connectivity index (χ1) is 9.65. The van der Waals surface area contributed by atoms with E-state index < -0.39 is 11.9 Å². The minimum absolute atomic E-state index is 0.168. The Morgan fingerprint density at radius 3 is 2.90 bits per heavy atom. The van der Waals surface area contributed by atoms with Gasteiger partial charge in [-0.3, -0.25) is 9.59 Å². The lowest BCUT2D eigenvalue weighted by Crippen LogP contribution is -2.23. The van der Waals surface area contributed by atoms with Gasteiger partial charge < -0.3 is 14.0 Å². The number of aromatic nitrogens is 1. The maximum absolute atomic E-state index is 12.3. The first-order valence-corrected chi connectivity index (χ1v) is 6.53. The minimum atomic E-state index is -0.712. The van der Waals surface area contributed by atoms with E-state index in [1.54, 1.807) is 20.1 Å². The summed E-state index contributed by atoms with van der Waals surface area (Å²) in [5.74, 6) is -0.575. The summed E-state index contributed by atoms with van der Waals surface area (Å²) in [5, 5.41) is 0.940. The van der Waals surface area contributed by atoms with E-state index in [0.29, 0.717) is 12.2 Å². The second kappa shape index (κ2) is 4.67. The molecule has 1 aromatic heterocycles. The molecule has 0 radical (unpaired) electrons. The van der Waals surface area contributed by atoms with Crippen molar-refractivity contribution in [1.82, 2.24) is 4.57 Å². The number of carbonyl (C=O) groups is 2. The van der Waals surface area contributed by atoms with Crippen molar-refractivity contribution in [2.24, 2.45) is 5.92 Å². The lowest BCUT2D eigenvalue weighted by atomic mass is 10.1. The summed E-state index contributed by atoms with van der Waals surface area (Å²) < 4.78 is 12.0. The van der Waals surface area contributed by atoms with Gasteiger partial charge in [0.2, 0.25) is 0 Å². The summed E-state index contributed by atoms with van der Waals surface area (Å²) in [7, 11) is 1.60. The minimum Gasteiger partial charge on any atom is -0.497 e. The van der Waals surface area contributed by atoms with Crippen molar-refractivity contribution in [1.29, 1.82) is 0 Å². The number of ether oxygens (including phenoxy) is 2. The third-order valence-corrected chi connectivity index (χ3v) is 3.61. The van der Waals surface area contributed by atoms with Gasteiger partial charge in [-0.1, -0.05) is 0 Å². The maximum Gasteiger partial charge on any atom is 0.318 e. The van der Waals surface area contributed by atoms with Gasteiger partial charge in [0.05, 0.1) is 19.4 Å². The molecule has 1 aliphatic heterocycles. The molecular formula is C15H15NO4. The quantitative estimate of drug-likeness (QED) is 0.634. The van der Waals surface area contributed by atoms with Crippen molar-refractivity contribution in [3.63, 3.8) is 0 Å². The number of carbonyl (C=O) groups excluding carboxylic acids is 2. The third-order valence-electron chi connectivity index (χ3n) is 3.61. The first kappa shape index (κ1) is 12.7. The molecule has 0 saturated carbocycles. The van der Waals surface area contributed by atoms with Crippen LogP contribution in [0.25, 0.3) is 10.9 Å². The van der Waals surface area contributed by atoms with Crippen LogP contribution in [0, 0.1) is 5.92 Å². The van der Waals surface area contributed by atoms with Crippen LogP contribution in [0.5, 0.6) is 5.75 Å². The molecule has 1 atom stereocenters. The Morgan fingerprint density at radius 1 is 1.40 bits per heavy atom. The summed E-state index contributed by atoms with van der Waals surface area (Å²) >= 11 is 0. The van der Waals surface area contributed by atoms with E-state index in [4.69, 9.17) is 9.47 Å². The van der Waals surface area contributed by atoms with Crippen molar-refractivity contribution in [2.45, 2.75) is 13.5 Å². The van der Waals surface area contributed by atoms with Gasteiger partial charge in [0, 0.05) is 17.4 Å². The van der Waals surface area contributed by atoms with E-state index >= 15 is 0 Å². The Balaban J connectivity index is 2.01. The zero-order valence-electron chi connectivity index (χ0n) is 11.4. The zero-order chi connectivity index (χ0) is 14.3. The van der Waals surface area contributed by atoms with E-state index in [0.717, 1.165) is 16.7 Å². The van der Waals surface area contributed by atoms with E-state index in [9.17, 15) is 9.59 Å². The molecule has 0 N–H and O–H groups in total. The summed E-state index contributed by atoms with van der Waals surface area (Å²) in [6.07, 6.45) is 0. The van der Waals surface area contributed by atoms with E-state index in [-0.39, 0.29) is 12.4 Å². The molecule has 2 aromatic rings. The van der Waals surface area contributed by atoms with Crippen molar-refractivity contribution < 1.29 is 19.1 Å². The van der Waals surface area contributed by atoms with Crippen LogP contribution in [0.2, 0.25) is 0 Å². The molecule has 0 amide bonds. The average molecular weight is 273 g/mol. The molecule has 0 fully saturated rings. The number of nitrogens with zero attached hydrogens (tertiary/aromatic N) is 1. The van der Waals surface area contributed by atoms with Crippen LogP contribution in [-0.4, -0.2) is 30.0 Å². The normalized spacial score (nSPS) is 17.3. The molecule has 3 rings (SSSR count). The Bertz CT molecular complexity index is 701. The lowest BCUT2D eigenvalue weighted by molar-refractivity contribution is -0.146. The molecule has 104 valence electrons. The highest BCUT2D eigenvalue weighted by Gasteiger charge is 2.38. The number of esters is 1. The average Bonchev–Trinajstić information content (AvgIpc) is 2.96. The van der Waals surface area contributed by atoms with Crippen molar-refractivity contribution in [2.75, 3.05) is 13.7 Å². The number of benzene rings is 1. The summed E-state index contributed by atoms with van der Waals surface area (Å²) in [6, 6.07) is 7.43. The number of hydrogen-bond donors (Lipinski definition) is 0. The highest BCUT2D eigenvalue weighted by Crippen LogP contribution is 2.31. The number of methoxy groups -OCH3 is 1. The number of fused-ring (bicyclic) bond motifs is 3. The zero-order valence-corrected chi connectivity index (χ0v) is 11.4. The molecule has 1 unspecified atom stereocenters. The van der Waals surface area contributed by atoms with Crippen LogP contribution in [-0.2, 0) is 16.1 Å². The Kier molecular flexibility index (Phi) is 2.97. The summed E-state index contributed by atoms with van der Waals surface area (Å²) in [5.41, 5.74) is 1.49. The molecule has 0 spiro atoms. The topological polar surface area (TPSA) is 57.5 Å². The monoisotopic (exact) mass is 273 g/mol. The summed E-state index contributed by atoms with van der Waals surface area (Å²) in [6.45, 7) is 2.37. The molecule has 1 aromatic carbocycles. The molecular weight excluding hydrogens is 258 g/mol. The van der Waals surface area contributed by atoms with Crippen LogP contribution in [0.3, 0.4) is 0 Å². The van der Waals surface area contributed by atoms with Gasteiger partial charge in [0.1, 0.15) is 11.7 Å². The predicted molar refractivity (Wildman–Crippen MR) is 72.9 cm³/mol. The summed E-state index contributed by atoms with van der Waals surface area (Å²) in [4.78, 5) is 24.1. The lowest BCUT2D eigenvalue weighted by Gasteiger charge is -2.07. The second-order valence-corrected chi connectivity index (χ2v) is 4.73. The van der Waals surface area contributed by atoms with Crippen LogP contribution in [0.4, 0.5) is 0 Å². The molecule has 20 heavy (non-hydrogen) atoms. The second-order valence-electron chi connectivity index (χ2n) is 4.73. The third kappa shape index (κ3) is 1.78. The van der Waals surface area contributed by atoms with Gasteiger partial charge in [-0.25, -0.2) is 0 Å². The first-order valence-electron chi connectivity index (χ1n) is 6.53. The van der Waals surface area contributed by atoms with Crippen LogP contribution in [0.15, 0.2) is 24.3 Å². The molecule has 2 heterocycles. The largest absolute Gasteiger partial charge is 0.497 e. The fourth-order valence-corrected chi connectivity index (χ4v) is 2.65. The molecule has 1 aliphatic rings. The fourth-order valence-electron chi connectivity index (χ4n) is 2.65. The highest BCUT2D eigenvalue weighted by molar-refractivity contribution is 6.12.